The molecule has 16 heavy (non-hydrogen) atoms. The molecule has 0 radical (unpaired) electrons. The first kappa shape index (κ1) is 10.7. The Bertz CT molecular complexity index is 491. The predicted molar refractivity (Wildman–Crippen MR) is 75.2 cm³/mol. The maximum absolute atomic E-state index is 6.03. The highest BCUT2D eigenvalue weighted by atomic mass is 28.2. The minimum Gasteiger partial charge on any atom is -0.399 e. The Morgan fingerprint density at radius 2 is 1.75 bits per heavy atom. The van der Waals surface area contributed by atoms with Crippen LogP contribution in [0.25, 0.3) is 6.08 Å². The molecule has 0 atom stereocenters. The molecule has 0 amide bonds. The van der Waals surface area contributed by atoms with Crippen molar-refractivity contribution in [2.75, 3.05) is 5.73 Å². The van der Waals surface area contributed by atoms with Crippen LogP contribution >= 0.6 is 0 Å². The molecule has 0 bridgehead atoms. The first-order valence-corrected chi connectivity index (χ1v) is 6.76. The monoisotopic (exact) mass is 225 g/mol. The van der Waals surface area contributed by atoms with Crippen LogP contribution in [0.4, 0.5) is 5.69 Å². The number of nitrogens with two attached hydrogens (primary N) is 1. The summed E-state index contributed by atoms with van der Waals surface area (Å²) in [6.45, 7) is 3.84. The summed E-state index contributed by atoms with van der Waals surface area (Å²) in [5, 5.41) is 2.70. The fourth-order valence-corrected chi connectivity index (χ4v) is 3.52. The molecule has 0 aliphatic heterocycles. The molecular weight excluding hydrogens is 210 g/mol. The van der Waals surface area contributed by atoms with E-state index >= 15 is 0 Å². The van der Waals surface area contributed by atoms with Crippen molar-refractivity contribution in [2.24, 2.45) is 0 Å². The third-order valence-electron chi connectivity index (χ3n) is 2.69. The zero-order valence-corrected chi connectivity index (χ0v) is 10.6. The van der Waals surface area contributed by atoms with Gasteiger partial charge in [-0.05, 0) is 16.8 Å². The van der Waals surface area contributed by atoms with E-state index in [1.807, 2.05) is 24.3 Å². The van der Waals surface area contributed by atoms with Crippen LogP contribution < -0.4 is 16.1 Å². The number of anilines is 1. The van der Waals surface area contributed by atoms with E-state index in [9.17, 15) is 0 Å². The standard InChI is InChI=1S/C14H15NSi/c1-2-11-7-6-10-13(15)14(11)16-12-8-4-3-5-9-12/h2-10H,1,15-16H2. The van der Waals surface area contributed by atoms with Gasteiger partial charge in [0.2, 0.25) is 0 Å². The van der Waals surface area contributed by atoms with Crippen molar-refractivity contribution in [2.45, 2.75) is 0 Å². The Morgan fingerprint density at radius 1 is 1.00 bits per heavy atom. The average molecular weight is 225 g/mol. The van der Waals surface area contributed by atoms with Crippen LogP contribution in [0.5, 0.6) is 0 Å². The Hall–Kier alpha value is -1.80. The van der Waals surface area contributed by atoms with E-state index in [4.69, 9.17) is 5.73 Å². The van der Waals surface area contributed by atoms with Crippen molar-refractivity contribution in [3.8, 4) is 0 Å². The van der Waals surface area contributed by atoms with Crippen molar-refractivity contribution < 1.29 is 0 Å². The van der Waals surface area contributed by atoms with Gasteiger partial charge in [0.25, 0.3) is 0 Å². The van der Waals surface area contributed by atoms with Crippen molar-refractivity contribution in [1.82, 2.24) is 0 Å². The molecule has 0 aliphatic carbocycles. The quantitative estimate of drug-likeness (QED) is 0.613. The van der Waals surface area contributed by atoms with Gasteiger partial charge in [0.15, 0.2) is 0 Å². The average Bonchev–Trinajstić information content (AvgIpc) is 2.33. The first-order chi connectivity index (χ1) is 7.81. The fourth-order valence-electron chi connectivity index (χ4n) is 1.82. The van der Waals surface area contributed by atoms with Gasteiger partial charge in [-0.3, -0.25) is 0 Å². The normalized spacial score (nSPS) is 10.8. The first-order valence-electron chi connectivity index (χ1n) is 5.35. The lowest BCUT2D eigenvalue weighted by atomic mass is 10.2. The number of rotatable bonds is 3. The van der Waals surface area contributed by atoms with Gasteiger partial charge in [0.1, 0.15) is 0 Å². The van der Waals surface area contributed by atoms with Gasteiger partial charge in [0.05, 0.1) is 9.52 Å². The summed E-state index contributed by atoms with van der Waals surface area (Å²) < 4.78 is 0. The van der Waals surface area contributed by atoms with E-state index in [0.29, 0.717) is 0 Å². The van der Waals surface area contributed by atoms with E-state index in [2.05, 4.69) is 36.9 Å². The Labute approximate surface area is 98.4 Å². The molecule has 0 saturated carbocycles. The SMILES string of the molecule is C=Cc1cccc(N)c1[SiH2]c1ccccc1. The highest BCUT2D eigenvalue weighted by Gasteiger charge is 2.05. The van der Waals surface area contributed by atoms with Crippen molar-refractivity contribution in [1.29, 1.82) is 0 Å². The lowest BCUT2D eigenvalue weighted by Crippen LogP contribution is -2.31. The van der Waals surface area contributed by atoms with E-state index in [1.165, 1.54) is 15.9 Å². The van der Waals surface area contributed by atoms with Gasteiger partial charge in [-0.1, -0.05) is 60.3 Å². The number of hydrogen-bond donors (Lipinski definition) is 1. The maximum atomic E-state index is 6.03. The minimum absolute atomic E-state index is 0.499. The summed E-state index contributed by atoms with van der Waals surface area (Å²) in [7, 11) is -0.499. The molecular formula is C14H15NSi. The number of hydrogen-bond acceptors (Lipinski definition) is 1. The zero-order chi connectivity index (χ0) is 11.4. The Balaban J connectivity index is 2.38. The third-order valence-corrected chi connectivity index (χ3v) is 4.74. The van der Waals surface area contributed by atoms with Gasteiger partial charge in [-0.2, -0.15) is 0 Å². The van der Waals surface area contributed by atoms with Crippen molar-refractivity contribution in [3.63, 3.8) is 0 Å². The Kier molecular flexibility index (Phi) is 3.22. The highest BCUT2D eigenvalue weighted by molar-refractivity contribution is 6.69. The van der Waals surface area contributed by atoms with Crippen molar-refractivity contribution >= 4 is 31.7 Å². The van der Waals surface area contributed by atoms with Crippen LogP contribution in [0, 0.1) is 0 Å². The molecule has 1 nitrogen and oxygen atoms in total. The molecule has 0 spiro atoms. The molecule has 2 N–H and O–H groups in total. The van der Waals surface area contributed by atoms with Gasteiger partial charge in [-0.15, -0.1) is 0 Å². The van der Waals surface area contributed by atoms with Crippen LogP contribution in [0.1, 0.15) is 5.56 Å². The summed E-state index contributed by atoms with van der Waals surface area (Å²) in [6, 6.07) is 16.6. The van der Waals surface area contributed by atoms with Crippen molar-refractivity contribution in [3.05, 3.63) is 60.7 Å². The second-order valence-electron chi connectivity index (χ2n) is 3.78. The van der Waals surface area contributed by atoms with Crippen LogP contribution in [0.2, 0.25) is 0 Å². The third kappa shape index (κ3) is 2.23. The lowest BCUT2D eigenvalue weighted by Gasteiger charge is -2.09. The zero-order valence-electron chi connectivity index (χ0n) is 9.19. The van der Waals surface area contributed by atoms with Gasteiger partial charge >= 0.3 is 0 Å². The number of benzene rings is 2. The summed E-state index contributed by atoms with van der Waals surface area (Å²) in [4.78, 5) is 0. The Morgan fingerprint density at radius 3 is 2.44 bits per heavy atom. The molecule has 0 aromatic heterocycles. The molecule has 0 saturated heterocycles. The second kappa shape index (κ2) is 4.81. The largest absolute Gasteiger partial charge is 0.399 e. The summed E-state index contributed by atoms with van der Waals surface area (Å²) in [6.07, 6.45) is 1.89. The van der Waals surface area contributed by atoms with Crippen LogP contribution in [0.15, 0.2) is 55.1 Å². The molecule has 2 aromatic carbocycles. The number of nitrogen functional groups attached to an aromatic ring is 1. The topological polar surface area (TPSA) is 26.0 Å². The minimum atomic E-state index is -0.499. The molecule has 0 fully saturated rings. The van der Waals surface area contributed by atoms with E-state index in [0.717, 1.165) is 5.69 Å². The molecule has 2 heteroatoms. The molecule has 0 aliphatic rings. The highest BCUT2D eigenvalue weighted by Crippen LogP contribution is 2.04. The molecule has 80 valence electrons. The van der Waals surface area contributed by atoms with E-state index in [1.54, 1.807) is 0 Å². The van der Waals surface area contributed by atoms with Gasteiger partial charge in [0, 0.05) is 5.69 Å². The van der Waals surface area contributed by atoms with Crippen LogP contribution in [0.3, 0.4) is 0 Å². The summed E-state index contributed by atoms with van der Waals surface area (Å²) in [5.74, 6) is 0. The van der Waals surface area contributed by atoms with Crippen LogP contribution in [-0.2, 0) is 0 Å². The summed E-state index contributed by atoms with van der Waals surface area (Å²) in [5.41, 5.74) is 8.10. The van der Waals surface area contributed by atoms with E-state index < -0.39 is 9.52 Å². The fraction of sp³-hybridized carbons (Fsp3) is 0. The van der Waals surface area contributed by atoms with Crippen LogP contribution in [-0.4, -0.2) is 9.52 Å². The maximum Gasteiger partial charge on any atom is 0.0909 e. The molecule has 2 aromatic rings. The van der Waals surface area contributed by atoms with E-state index in [-0.39, 0.29) is 0 Å². The second-order valence-corrected chi connectivity index (χ2v) is 5.66. The molecule has 0 heterocycles. The molecule has 2 rings (SSSR count). The lowest BCUT2D eigenvalue weighted by molar-refractivity contribution is 1.69. The van der Waals surface area contributed by atoms with Gasteiger partial charge < -0.3 is 5.73 Å². The molecule has 0 unspecified atom stereocenters. The predicted octanol–water partition coefficient (Wildman–Crippen LogP) is 1.03. The smallest absolute Gasteiger partial charge is 0.0909 e. The van der Waals surface area contributed by atoms with Gasteiger partial charge in [-0.25, -0.2) is 0 Å². The summed E-state index contributed by atoms with van der Waals surface area (Å²) >= 11 is 0.